The first-order valence-electron chi connectivity index (χ1n) is 4.59. The van der Waals surface area contributed by atoms with Gasteiger partial charge in [-0.1, -0.05) is 6.92 Å². The lowest BCUT2D eigenvalue weighted by Gasteiger charge is -2.17. The van der Waals surface area contributed by atoms with Crippen molar-refractivity contribution >= 4 is 27.3 Å². The fourth-order valence-corrected chi connectivity index (χ4v) is 2.74. The maximum Gasteiger partial charge on any atom is 0.0701 e. The molecule has 0 spiro atoms. The van der Waals surface area contributed by atoms with Gasteiger partial charge < -0.3 is 0 Å². The van der Waals surface area contributed by atoms with E-state index < -0.39 is 0 Å². The summed E-state index contributed by atoms with van der Waals surface area (Å²) in [4.78, 5) is 3.62. The number of rotatable bonds is 5. The number of thiophene rings is 1. The van der Waals surface area contributed by atoms with Gasteiger partial charge in [0.1, 0.15) is 0 Å². The Morgan fingerprint density at radius 3 is 2.86 bits per heavy atom. The number of hydrogen-bond acceptors (Lipinski definition) is 3. The van der Waals surface area contributed by atoms with Crippen LogP contribution in [0.4, 0.5) is 0 Å². The molecule has 1 aromatic heterocycles. The fourth-order valence-electron chi connectivity index (χ4n) is 1.21. The quantitative estimate of drug-likeness (QED) is 0.823. The second-order valence-corrected chi connectivity index (χ2v) is 5.53. The molecule has 0 saturated heterocycles. The summed E-state index contributed by atoms with van der Waals surface area (Å²) >= 11 is 5.20. The van der Waals surface area contributed by atoms with Crippen LogP contribution in [0, 0.1) is 11.3 Å². The first-order valence-corrected chi connectivity index (χ1v) is 6.20. The van der Waals surface area contributed by atoms with Crippen molar-refractivity contribution in [2.24, 2.45) is 0 Å². The SMILES string of the molecule is CCN(CCC#N)Cc1ccc(Br)s1. The summed E-state index contributed by atoms with van der Waals surface area (Å²) in [6, 6.07) is 6.37. The molecule has 0 saturated carbocycles. The summed E-state index contributed by atoms with van der Waals surface area (Å²) in [5, 5.41) is 8.50. The molecular formula is C10H13BrN2S. The average molecular weight is 273 g/mol. The summed E-state index contributed by atoms with van der Waals surface area (Å²) in [5.74, 6) is 0. The predicted octanol–water partition coefficient (Wildman–Crippen LogP) is 3.25. The standard InChI is InChI=1S/C10H13BrN2S/c1-2-13(7-3-6-12)8-9-4-5-10(11)14-9/h4-5H,2-3,7-8H2,1H3. The van der Waals surface area contributed by atoms with E-state index in [-0.39, 0.29) is 0 Å². The molecule has 0 fully saturated rings. The van der Waals surface area contributed by atoms with Gasteiger partial charge in [0.2, 0.25) is 0 Å². The normalized spacial score (nSPS) is 10.4. The maximum atomic E-state index is 8.50. The lowest BCUT2D eigenvalue weighted by molar-refractivity contribution is 0.289. The van der Waals surface area contributed by atoms with Gasteiger partial charge in [-0.2, -0.15) is 5.26 Å². The van der Waals surface area contributed by atoms with Crippen molar-refractivity contribution in [2.45, 2.75) is 19.9 Å². The molecule has 0 unspecified atom stereocenters. The Bertz CT molecular complexity index is 316. The van der Waals surface area contributed by atoms with Crippen LogP contribution in [-0.2, 0) is 6.54 Å². The van der Waals surface area contributed by atoms with Crippen LogP contribution in [0.2, 0.25) is 0 Å². The number of nitrogens with zero attached hydrogens (tertiary/aromatic N) is 2. The van der Waals surface area contributed by atoms with Gasteiger partial charge in [-0.25, -0.2) is 0 Å². The molecule has 0 amide bonds. The van der Waals surface area contributed by atoms with E-state index in [2.05, 4.69) is 46.0 Å². The van der Waals surface area contributed by atoms with Gasteiger partial charge in [0.25, 0.3) is 0 Å². The fraction of sp³-hybridized carbons (Fsp3) is 0.500. The Balaban J connectivity index is 2.44. The van der Waals surface area contributed by atoms with Crippen molar-refractivity contribution < 1.29 is 0 Å². The van der Waals surface area contributed by atoms with Crippen LogP contribution in [0.25, 0.3) is 0 Å². The third-order valence-electron chi connectivity index (χ3n) is 2.00. The monoisotopic (exact) mass is 272 g/mol. The number of halogens is 1. The van der Waals surface area contributed by atoms with E-state index >= 15 is 0 Å². The molecule has 0 atom stereocenters. The number of hydrogen-bond donors (Lipinski definition) is 0. The molecule has 4 heteroatoms. The van der Waals surface area contributed by atoms with E-state index in [0.717, 1.165) is 19.6 Å². The summed E-state index contributed by atoms with van der Waals surface area (Å²) in [5.41, 5.74) is 0. The Hall–Kier alpha value is -0.370. The van der Waals surface area contributed by atoms with Gasteiger partial charge in [0.15, 0.2) is 0 Å². The molecule has 1 aromatic rings. The number of nitriles is 1. The summed E-state index contributed by atoms with van der Waals surface area (Å²) in [7, 11) is 0. The highest BCUT2D eigenvalue weighted by molar-refractivity contribution is 9.11. The third-order valence-corrected chi connectivity index (χ3v) is 3.60. The molecular weight excluding hydrogens is 260 g/mol. The van der Waals surface area contributed by atoms with Gasteiger partial charge in [-0.3, -0.25) is 4.90 Å². The van der Waals surface area contributed by atoms with Crippen LogP contribution in [0.5, 0.6) is 0 Å². The average Bonchev–Trinajstić information content (AvgIpc) is 2.58. The van der Waals surface area contributed by atoms with Crippen molar-refractivity contribution in [2.75, 3.05) is 13.1 Å². The molecule has 0 bridgehead atoms. The zero-order valence-corrected chi connectivity index (χ0v) is 10.6. The summed E-state index contributed by atoms with van der Waals surface area (Å²) < 4.78 is 1.17. The summed E-state index contributed by atoms with van der Waals surface area (Å²) in [6.45, 7) is 4.94. The Morgan fingerprint density at radius 2 is 2.36 bits per heavy atom. The molecule has 1 heterocycles. The van der Waals surface area contributed by atoms with Crippen LogP contribution in [0.1, 0.15) is 18.2 Å². The topological polar surface area (TPSA) is 27.0 Å². The molecule has 0 aliphatic rings. The van der Waals surface area contributed by atoms with Crippen molar-refractivity contribution in [3.63, 3.8) is 0 Å². The van der Waals surface area contributed by atoms with E-state index in [9.17, 15) is 0 Å². The van der Waals surface area contributed by atoms with Crippen LogP contribution in [-0.4, -0.2) is 18.0 Å². The molecule has 2 nitrogen and oxygen atoms in total. The van der Waals surface area contributed by atoms with Gasteiger partial charge >= 0.3 is 0 Å². The molecule has 76 valence electrons. The van der Waals surface area contributed by atoms with Crippen molar-refractivity contribution in [1.82, 2.24) is 4.90 Å². The lowest BCUT2D eigenvalue weighted by Crippen LogP contribution is -2.23. The van der Waals surface area contributed by atoms with E-state index in [4.69, 9.17) is 5.26 Å². The molecule has 0 aliphatic carbocycles. The Morgan fingerprint density at radius 1 is 1.57 bits per heavy atom. The van der Waals surface area contributed by atoms with Gasteiger partial charge in [-0.15, -0.1) is 11.3 Å². The molecule has 0 N–H and O–H groups in total. The van der Waals surface area contributed by atoms with Crippen molar-refractivity contribution in [1.29, 1.82) is 5.26 Å². The first kappa shape index (κ1) is 11.7. The van der Waals surface area contributed by atoms with E-state index in [1.165, 1.54) is 8.66 Å². The zero-order valence-electron chi connectivity index (χ0n) is 8.16. The van der Waals surface area contributed by atoms with Crippen molar-refractivity contribution in [3.05, 3.63) is 20.8 Å². The minimum atomic E-state index is 0.611. The van der Waals surface area contributed by atoms with E-state index in [1.807, 2.05) is 0 Å². The lowest BCUT2D eigenvalue weighted by atomic mass is 10.3. The largest absolute Gasteiger partial charge is 0.298 e. The highest BCUT2D eigenvalue weighted by Gasteiger charge is 2.04. The minimum Gasteiger partial charge on any atom is -0.298 e. The van der Waals surface area contributed by atoms with Crippen LogP contribution < -0.4 is 0 Å². The maximum absolute atomic E-state index is 8.50. The molecule has 0 aliphatic heterocycles. The highest BCUT2D eigenvalue weighted by Crippen LogP contribution is 2.23. The Kier molecular flexibility index (Phi) is 5.16. The second kappa shape index (κ2) is 6.18. The molecule has 0 aromatic carbocycles. The zero-order chi connectivity index (χ0) is 10.4. The van der Waals surface area contributed by atoms with Gasteiger partial charge in [0, 0.05) is 24.4 Å². The summed E-state index contributed by atoms with van der Waals surface area (Å²) in [6.07, 6.45) is 0.611. The first-order chi connectivity index (χ1) is 6.76. The Labute approximate surface area is 97.3 Å². The van der Waals surface area contributed by atoms with Gasteiger partial charge in [0.05, 0.1) is 9.86 Å². The van der Waals surface area contributed by atoms with Crippen molar-refractivity contribution in [3.8, 4) is 6.07 Å². The molecule has 0 radical (unpaired) electrons. The van der Waals surface area contributed by atoms with E-state index in [0.29, 0.717) is 6.42 Å². The second-order valence-electron chi connectivity index (χ2n) is 2.98. The smallest absolute Gasteiger partial charge is 0.0701 e. The van der Waals surface area contributed by atoms with Crippen LogP contribution in [0.15, 0.2) is 15.9 Å². The third kappa shape index (κ3) is 3.79. The van der Waals surface area contributed by atoms with E-state index in [1.54, 1.807) is 11.3 Å². The predicted molar refractivity (Wildman–Crippen MR) is 63.2 cm³/mol. The minimum absolute atomic E-state index is 0.611. The molecule has 1 rings (SSSR count). The van der Waals surface area contributed by atoms with Gasteiger partial charge in [-0.05, 0) is 34.6 Å². The molecule has 14 heavy (non-hydrogen) atoms. The van der Waals surface area contributed by atoms with Crippen LogP contribution >= 0.6 is 27.3 Å². The highest BCUT2D eigenvalue weighted by atomic mass is 79.9. The van der Waals surface area contributed by atoms with Crippen LogP contribution in [0.3, 0.4) is 0 Å².